The SMILES string of the molecule is CC1(c2cccc3ccccc23)C(=O)N(CCCc2cnc[nH]2)C(=O)N1CC(=O)N1CCSC1. The topological polar surface area (TPSA) is 89.6 Å². The minimum Gasteiger partial charge on any atom is -0.348 e. The number of rotatable bonds is 7. The molecule has 3 aromatic rings. The number of thioether (sulfide) groups is 1. The standard InChI is InChI=1S/C25H27N5O3S/c1-25(21-10-4-7-18-6-2-3-9-20(18)21)23(32)29(11-5-8-19-14-26-16-27-19)24(33)30(25)15-22(31)28-12-13-34-17-28/h2-4,6-7,9-10,14,16H,5,8,11-13,15,17H2,1H3,(H,26,27). The highest BCUT2D eigenvalue weighted by molar-refractivity contribution is 7.99. The van der Waals surface area contributed by atoms with Gasteiger partial charge in [0.05, 0.1) is 12.2 Å². The third-order valence-corrected chi connectivity index (χ3v) is 7.72. The molecule has 5 rings (SSSR count). The molecule has 2 aliphatic heterocycles. The monoisotopic (exact) mass is 477 g/mol. The smallest absolute Gasteiger partial charge is 0.328 e. The highest BCUT2D eigenvalue weighted by Gasteiger charge is 2.56. The van der Waals surface area contributed by atoms with Crippen molar-refractivity contribution in [2.75, 3.05) is 31.3 Å². The summed E-state index contributed by atoms with van der Waals surface area (Å²) in [5.41, 5.74) is 0.423. The lowest BCUT2D eigenvalue weighted by atomic mass is 9.86. The molecule has 2 saturated heterocycles. The van der Waals surface area contributed by atoms with Crippen molar-refractivity contribution < 1.29 is 14.4 Å². The van der Waals surface area contributed by atoms with Gasteiger partial charge >= 0.3 is 6.03 Å². The highest BCUT2D eigenvalue weighted by atomic mass is 32.2. The fourth-order valence-electron chi connectivity index (χ4n) is 4.83. The molecule has 2 aromatic carbocycles. The molecule has 4 amide bonds. The number of amides is 4. The van der Waals surface area contributed by atoms with Gasteiger partial charge in [0.2, 0.25) is 5.91 Å². The first-order chi connectivity index (χ1) is 16.5. The summed E-state index contributed by atoms with van der Waals surface area (Å²) in [5.74, 6) is 1.09. The molecule has 1 atom stereocenters. The highest BCUT2D eigenvalue weighted by Crippen LogP contribution is 2.40. The van der Waals surface area contributed by atoms with E-state index in [9.17, 15) is 14.4 Å². The zero-order valence-electron chi connectivity index (χ0n) is 19.1. The summed E-state index contributed by atoms with van der Waals surface area (Å²) in [6, 6.07) is 13.2. The second-order valence-electron chi connectivity index (χ2n) is 8.80. The molecule has 1 N–H and O–H groups in total. The van der Waals surface area contributed by atoms with E-state index in [0.717, 1.165) is 27.8 Å². The molecular formula is C25H27N5O3S. The van der Waals surface area contributed by atoms with Crippen molar-refractivity contribution in [3.05, 3.63) is 66.2 Å². The maximum absolute atomic E-state index is 13.9. The van der Waals surface area contributed by atoms with Gasteiger partial charge in [0.1, 0.15) is 12.1 Å². The minimum absolute atomic E-state index is 0.123. The number of hydrogen-bond acceptors (Lipinski definition) is 5. The van der Waals surface area contributed by atoms with Gasteiger partial charge in [0.25, 0.3) is 5.91 Å². The van der Waals surface area contributed by atoms with Crippen LogP contribution < -0.4 is 0 Å². The van der Waals surface area contributed by atoms with Crippen molar-refractivity contribution in [2.24, 2.45) is 0 Å². The summed E-state index contributed by atoms with van der Waals surface area (Å²) in [4.78, 5) is 52.2. The van der Waals surface area contributed by atoms with E-state index in [2.05, 4.69) is 9.97 Å². The number of fused-ring (bicyclic) bond motifs is 1. The Kier molecular flexibility index (Phi) is 6.03. The maximum Gasteiger partial charge on any atom is 0.328 e. The van der Waals surface area contributed by atoms with E-state index in [-0.39, 0.29) is 24.9 Å². The molecule has 176 valence electrons. The molecule has 0 bridgehead atoms. The lowest BCUT2D eigenvalue weighted by molar-refractivity contribution is -0.135. The number of benzene rings is 2. The summed E-state index contributed by atoms with van der Waals surface area (Å²) in [6.07, 6.45) is 4.64. The van der Waals surface area contributed by atoms with Crippen LogP contribution in [-0.4, -0.2) is 73.8 Å². The number of hydrogen-bond donors (Lipinski definition) is 1. The molecule has 8 nitrogen and oxygen atoms in total. The number of imide groups is 1. The largest absolute Gasteiger partial charge is 0.348 e. The molecule has 1 aromatic heterocycles. The van der Waals surface area contributed by atoms with Gasteiger partial charge < -0.3 is 9.88 Å². The van der Waals surface area contributed by atoms with Gasteiger partial charge in [0, 0.05) is 30.7 Å². The summed E-state index contributed by atoms with van der Waals surface area (Å²) in [6.45, 7) is 2.59. The number of H-pyrrole nitrogens is 1. The normalized spacial score (nSPS) is 20.7. The molecule has 3 heterocycles. The Morgan fingerprint density at radius 2 is 2.00 bits per heavy atom. The fraction of sp³-hybridized carbons (Fsp3) is 0.360. The molecule has 0 radical (unpaired) electrons. The second kappa shape index (κ2) is 9.13. The molecule has 1 unspecified atom stereocenters. The van der Waals surface area contributed by atoms with E-state index in [1.807, 2.05) is 42.5 Å². The first kappa shape index (κ1) is 22.5. The molecular weight excluding hydrogens is 450 g/mol. The van der Waals surface area contributed by atoms with Crippen molar-refractivity contribution >= 4 is 40.4 Å². The van der Waals surface area contributed by atoms with Crippen LogP contribution in [0.1, 0.15) is 24.6 Å². The third kappa shape index (κ3) is 3.83. The summed E-state index contributed by atoms with van der Waals surface area (Å²) < 4.78 is 0. The number of imidazole rings is 1. The Morgan fingerprint density at radius 1 is 1.18 bits per heavy atom. The summed E-state index contributed by atoms with van der Waals surface area (Å²) in [5, 5.41) is 1.89. The number of nitrogens with one attached hydrogen (secondary N) is 1. The lowest BCUT2D eigenvalue weighted by Gasteiger charge is -2.33. The average molecular weight is 478 g/mol. The number of aryl methyl sites for hydroxylation is 1. The lowest BCUT2D eigenvalue weighted by Crippen LogP contribution is -2.49. The van der Waals surface area contributed by atoms with Gasteiger partial charge in [-0.05, 0) is 36.1 Å². The van der Waals surface area contributed by atoms with Crippen LogP contribution in [0, 0.1) is 0 Å². The van der Waals surface area contributed by atoms with E-state index in [1.165, 1.54) is 9.80 Å². The van der Waals surface area contributed by atoms with Crippen LogP contribution in [0.25, 0.3) is 10.8 Å². The zero-order valence-corrected chi connectivity index (χ0v) is 19.9. The van der Waals surface area contributed by atoms with Gasteiger partial charge in [-0.3, -0.25) is 19.4 Å². The number of urea groups is 1. The van der Waals surface area contributed by atoms with Crippen molar-refractivity contribution in [1.29, 1.82) is 0 Å². The predicted molar refractivity (Wildman–Crippen MR) is 131 cm³/mol. The molecule has 0 spiro atoms. The first-order valence-corrected chi connectivity index (χ1v) is 12.6. The Balaban J connectivity index is 1.49. The Hall–Kier alpha value is -3.33. The van der Waals surface area contributed by atoms with Crippen LogP contribution >= 0.6 is 11.8 Å². The quantitative estimate of drug-likeness (QED) is 0.528. The van der Waals surface area contributed by atoms with Gasteiger partial charge in [-0.2, -0.15) is 0 Å². The van der Waals surface area contributed by atoms with Gasteiger partial charge in [-0.15, -0.1) is 11.8 Å². The number of aromatic amines is 1. The van der Waals surface area contributed by atoms with Gasteiger partial charge in [-0.1, -0.05) is 42.5 Å². The van der Waals surface area contributed by atoms with Crippen LogP contribution in [0.2, 0.25) is 0 Å². The predicted octanol–water partition coefficient (Wildman–Crippen LogP) is 3.21. The Bertz CT molecular complexity index is 1220. The number of carbonyl (C=O) groups is 3. The van der Waals surface area contributed by atoms with Crippen LogP contribution in [-0.2, 0) is 21.5 Å². The summed E-state index contributed by atoms with van der Waals surface area (Å²) in [7, 11) is 0. The van der Waals surface area contributed by atoms with Crippen LogP contribution in [0.5, 0.6) is 0 Å². The van der Waals surface area contributed by atoms with Crippen LogP contribution in [0.15, 0.2) is 55.0 Å². The van der Waals surface area contributed by atoms with Gasteiger partial charge in [0.15, 0.2) is 0 Å². The van der Waals surface area contributed by atoms with Crippen molar-refractivity contribution in [3.8, 4) is 0 Å². The summed E-state index contributed by atoms with van der Waals surface area (Å²) >= 11 is 1.69. The number of aromatic nitrogens is 2. The van der Waals surface area contributed by atoms with Gasteiger partial charge in [-0.25, -0.2) is 9.78 Å². The van der Waals surface area contributed by atoms with Crippen molar-refractivity contribution in [1.82, 2.24) is 24.7 Å². The molecule has 2 fully saturated rings. The first-order valence-electron chi connectivity index (χ1n) is 11.4. The molecule has 0 saturated carbocycles. The molecule has 34 heavy (non-hydrogen) atoms. The fourth-order valence-corrected chi connectivity index (χ4v) is 5.80. The average Bonchev–Trinajstić information content (AvgIpc) is 3.60. The third-order valence-electron chi connectivity index (χ3n) is 6.76. The van der Waals surface area contributed by atoms with E-state index in [4.69, 9.17) is 0 Å². The molecule has 2 aliphatic rings. The molecule has 9 heteroatoms. The maximum atomic E-state index is 13.9. The molecule has 0 aliphatic carbocycles. The van der Waals surface area contributed by atoms with E-state index in [1.54, 1.807) is 36.1 Å². The van der Waals surface area contributed by atoms with Crippen molar-refractivity contribution in [2.45, 2.75) is 25.3 Å². The van der Waals surface area contributed by atoms with E-state index < -0.39 is 11.6 Å². The zero-order chi connectivity index (χ0) is 23.7. The number of nitrogens with zero attached hydrogens (tertiary/aromatic N) is 4. The minimum atomic E-state index is -1.27. The second-order valence-corrected chi connectivity index (χ2v) is 9.87. The number of carbonyl (C=O) groups excluding carboxylic acids is 3. The van der Waals surface area contributed by atoms with E-state index in [0.29, 0.717) is 25.3 Å². The van der Waals surface area contributed by atoms with E-state index >= 15 is 0 Å². The van der Waals surface area contributed by atoms with Crippen LogP contribution in [0.4, 0.5) is 4.79 Å². The Labute approximate surface area is 202 Å². The van der Waals surface area contributed by atoms with Crippen molar-refractivity contribution in [3.63, 3.8) is 0 Å². The Morgan fingerprint density at radius 3 is 2.76 bits per heavy atom. The van der Waals surface area contributed by atoms with Crippen LogP contribution in [0.3, 0.4) is 0 Å².